The topological polar surface area (TPSA) is 55.0 Å². The van der Waals surface area contributed by atoms with Gasteiger partial charge in [0.1, 0.15) is 11.5 Å². The van der Waals surface area contributed by atoms with E-state index < -0.39 is 0 Å². The lowest BCUT2D eigenvalue weighted by Gasteiger charge is -1.96. The normalized spacial score (nSPS) is 9.83. The van der Waals surface area contributed by atoms with E-state index in [1.54, 1.807) is 6.92 Å². The predicted molar refractivity (Wildman–Crippen MR) is 47.2 cm³/mol. The highest BCUT2D eigenvalue weighted by Crippen LogP contribution is 2.02. The van der Waals surface area contributed by atoms with E-state index in [-0.39, 0.29) is 5.97 Å². The molecule has 0 aliphatic carbocycles. The molecule has 0 atom stereocenters. The first-order chi connectivity index (χ1) is 5.77. The molecule has 0 aromatic carbocycles. The number of hydrogen-bond donors (Lipinski definition) is 1. The Bertz CT molecular complexity index is 272. The number of aromatic nitrogens is 2. The Morgan fingerprint density at radius 3 is 3.08 bits per heavy atom. The van der Waals surface area contributed by atoms with Crippen molar-refractivity contribution in [2.75, 3.05) is 6.61 Å². The molecule has 0 bridgehead atoms. The van der Waals surface area contributed by atoms with E-state index in [4.69, 9.17) is 4.74 Å². The van der Waals surface area contributed by atoms with Crippen molar-refractivity contribution < 1.29 is 9.53 Å². The number of imidazole rings is 1. The van der Waals surface area contributed by atoms with Crippen LogP contribution in [-0.4, -0.2) is 22.5 Å². The third-order valence-corrected chi connectivity index (χ3v) is 1.78. The first kappa shape index (κ1) is 9.25. The highest BCUT2D eigenvalue weighted by atomic mass is 79.9. The van der Waals surface area contributed by atoms with Crippen molar-refractivity contribution in [2.24, 2.45) is 0 Å². The smallest absolute Gasteiger partial charge is 0.356 e. The summed E-state index contributed by atoms with van der Waals surface area (Å²) in [5, 5.41) is 0.604. The molecule has 1 aromatic rings. The Labute approximate surface area is 78.5 Å². The highest BCUT2D eigenvalue weighted by Gasteiger charge is 2.08. The maximum atomic E-state index is 11.1. The standard InChI is InChI=1S/C7H9BrN2O2/c1-2-12-7(11)5-4-9-6(3-8)10-5/h4H,2-3H2,1H3,(H,9,10). The van der Waals surface area contributed by atoms with Gasteiger partial charge >= 0.3 is 5.97 Å². The van der Waals surface area contributed by atoms with Crippen LogP contribution in [0.3, 0.4) is 0 Å². The lowest BCUT2D eigenvalue weighted by atomic mass is 10.5. The van der Waals surface area contributed by atoms with Crippen LogP contribution in [0.25, 0.3) is 0 Å². The molecule has 0 saturated heterocycles. The van der Waals surface area contributed by atoms with Gasteiger partial charge in [-0.2, -0.15) is 0 Å². The van der Waals surface area contributed by atoms with Gasteiger partial charge in [0.05, 0.1) is 18.1 Å². The number of alkyl halides is 1. The van der Waals surface area contributed by atoms with Crippen molar-refractivity contribution in [2.45, 2.75) is 12.3 Å². The number of nitrogens with zero attached hydrogens (tertiary/aromatic N) is 1. The average Bonchev–Trinajstić information content (AvgIpc) is 2.52. The molecule has 1 rings (SSSR count). The minimum Gasteiger partial charge on any atom is -0.461 e. The van der Waals surface area contributed by atoms with Crippen LogP contribution in [0.15, 0.2) is 6.20 Å². The molecular weight excluding hydrogens is 224 g/mol. The zero-order valence-electron chi connectivity index (χ0n) is 6.63. The van der Waals surface area contributed by atoms with Crippen LogP contribution in [0.5, 0.6) is 0 Å². The van der Waals surface area contributed by atoms with E-state index in [9.17, 15) is 4.79 Å². The fourth-order valence-corrected chi connectivity index (χ4v) is 1.03. The van der Waals surface area contributed by atoms with Crippen molar-refractivity contribution in [3.63, 3.8) is 0 Å². The third-order valence-electron chi connectivity index (χ3n) is 1.25. The molecule has 1 aromatic heterocycles. The first-order valence-electron chi connectivity index (χ1n) is 3.55. The van der Waals surface area contributed by atoms with Crippen molar-refractivity contribution >= 4 is 21.9 Å². The van der Waals surface area contributed by atoms with Gasteiger partial charge in [-0.15, -0.1) is 0 Å². The molecule has 0 saturated carbocycles. The molecule has 5 heteroatoms. The molecule has 0 fully saturated rings. The second-order valence-electron chi connectivity index (χ2n) is 2.10. The third kappa shape index (κ3) is 2.07. The molecule has 1 N–H and O–H groups in total. The maximum Gasteiger partial charge on any atom is 0.356 e. The molecule has 12 heavy (non-hydrogen) atoms. The van der Waals surface area contributed by atoms with Gasteiger partial charge < -0.3 is 9.72 Å². The molecule has 0 radical (unpaired) electrons. The molecule has 0 unspecified atom stereocenters. The number of ether oxygens (including phenoxy) is 1. The fourth-order valence-electron chi connectivity index (χ4n) is 0.743. The van der Waals surface area contributed by atoms with E-state index in [1.807, 2.05) is 0 Å². The Morgan fingerprint density at radius 2 is 2.58 bits per heavy atom. The molecule has 1 heterocycles. The number of hydrogen-bond acceptors (Lipinski definition) is 3. The van der Waals surface area contributed by atoms with Crippen molar-refractivity contribution in [1.29, 1.82) is 0 Å². The largest absolute Gasteiger partial charge is 0.461 e. The zero-order chi connectivity index (χ0) is 8.97. The summed E-state index contributed by atoms with van der Waals surface area (Å²) >= 11 is 3.21. The molecule has 0 aliphatic rings. The molecule has 0 aliphatic heterocycles. The van der Waals surface area contributed by atoms with E-state index in [0.29, 0.717) is 17.6 Å². The van der Waals surface area contributed by atoms with Gasteiger partial charge in [-0.25, -0.2) is 9.78 Å². The van der Waals surface area contributed by atoms with Crippen LogP contribution in [0.4, 0.5) is 0 Å². The summed E-state index contributed by atoms with van der Waals surface area (Å²) in [5.74, 6) is 0.357. The highest BCUT2D eigenvalue weighted by molar-refractivity contribution is 9.08. The van der Waals surface area contributed by atoms with Crippen molar-refractivity contribution in [1.82, 2.24) is 9.97 Å². The second-order valence-corrected chi connectivity index (χ2v) is 2.66. The average molecular weight is 233 g/mol. The summed E-state index contributed by atoms with van der Waals surface area (Å²) in [6.07, 6.45) is 1.47. The van der Waals surface area contributed by atoms with Gasteiger partial charge in [0.2, 0.25) is 0 Å². The maximum absolute atomic E-state index is 11.1. The van der Waals surface area contributed by atoms with E-state index in [1.165, 1.54) is 6.20 Å². The second kappa shape index (κ2) is 4.25. The van der Waals surface area contributed by atoms with E-state index in [2.05, 4.69) is 25.9 Å². The number of H-pyrrole nitrogens is 1. The van der Waals surface area contributed by atoms with Gasteiger partial charge in [0, 0.05) is 0 Å². The molecule has 0 amide bonds. The van der Waals surface area contributed by atoms with Crippen LogP contribution in [0.2, 0.25) is 0 Å². The number of carbonyl (C=O) groups excluding carboxylic acids is 1. The number of esters is 1. The molecule has 4 nitrogen and oxygen atoms in total. The van der Waals surface area contributed by atoms with Gasteiger partial charge in [0.15, 0.2) is 0 Å². The van der Waals surface area contributed by atoms with Crippen LogP contribution in [0, 0.1) is 0 Å². The Balaban J connectivity index is 2.68. The van der Waals surface area contributed by atoms with E-state index in [0.717, 1.165) is 5.82 Å². The molecule has 0 spiro atoms. The Kier molecular flexibility index (Phi) is 3.28. The zero-order valence-corrected chi connectivity index (χ0v) is 8.22. The number of aromatic amines is 1. The SMILES string of the molecule is CCOC(=O)c1cnc(CBr)[nH]1. The van der Waals surface area contributed by atoms with Gasteiger partial charge in [-0.05, 0) is 6.92 Å². The number of rotatable bonds is 3. The quantitative estimate of drug-likeness (QED) is 0.635. The number of nitrogens with one attached hydrogen (secondary N) is 1. The van der Waals surface area contributed by atoms with Crippen molar-refractivity contribution in [3.8, 4) is 0 Å². The summed E-state index contributed by atoms with van der Waals surface area (Å²) in [5.41, 5.74) is 0.395. The van der Waals surface area contributed by atoms with Gasteiger partial charge in [-0.3, -0.25) is 0 Å². The lowest BCUT2D eigenvalue weighted by Crippen LogP contribution is -2.04. The van der Waals surface area contributed by atoms with Gasteiger partial charge in [-0.1, -0.05) is 15.9 Å². The minimum absolute atomic E-state index is 0.364. The van der Waals surface area contributed by atoms with Crippen LogP contribution in [-0.2, 0) is 10.1 Å². The summed E-state index contributed by atoms with van der Waals surface area (Å²) in [6.45, 7) is 2.14. The predicted octanol–water partition coefficient (Wildman–Crippen LogP) is 1.48. The summed E-state index contributed by atoms with van der Waals surface area (Å²) in [6, 6.07) is 0. The van der Waals surface area contributed by atoms with Crippen LogP contribution >= 0.6 is 15.9 Å². The van der Waals surface area contributed by atoms with E-state index >= 15 is 0 Å². The molecule has 66 valence electrons. The Morgan fingerprint density at radius 1 is 1.83 bits per heavy atom. The van der Waals surface area contributed by atoms with Crippen molar-refractivity contribution in [3.05, 3.63) is 17.7 Å². The summed E-state index contributed by atoms with van der Waals surface area (Å²) < 4.78 is 4.76. The lowest BCUT2D eigenvalue weighted by molar-refractivity contribution is 0.0520. The Hall–Kier alpha value is -0.840. The van der Waals surface area contributed by atoms with Crippen LogP contribution in [0.1, 0.15) is 23.2 Å². The monoisotopic (exact) mass is 232 g/mol. The summed E-state index contributed by atoms with van der Waals surface area (Å²) in [7, 11) is 0. The summed E-state index contributed by atoms with van der Waals surface area (Å²) in [4.78, 5) is 17.8. The molecular formula is C7H9BrN2O2. The van der Waals surface area contributed by atoms with Crippen LogP contribution < -0.4 is 0 Å². The minimum atomic E-state index is -0.364. The fraction of sp³-hybridized carbons (Fsp3) is 0.429. The number of carbonyl (C=O) groups is 1. The first-order valence-corrected chi connectivity index (χ1v) is 4.67. The van der Waals surface area contributed by atoms with Gasteiger partial charge in [0.25, 0.3) is 0 Å². The number of halogens is 1.